The number of aryl methyl sites for hydroxylation is 1. The zero-order valence-electron chi connectivity index (χ0n) is 16.4. The maximum atomic E-state index is 12.3. The molecule has 0 aliphatic heterocycles. The molecule has 0 aliphatic carbocycles. The molecule has 1 aromatic carbocycles. The largest absolute Gasteiger partial charge is 0.354 e. The highest BCUT2D eigenvalue weighted by Crippen LogP contribution is 2.27. The number of amides is 1. The van der Waals surface area contributed by atoms with Crippen molar-refractivity contribution in [2.45, 2.75) is 46.5 Å². The number of nitro benzene ring substituents is 1. The van der Waals surface area contributed by atoms with Crippen LogP contribution in [-0.2, 0) is 14.8 Å². The molecule has 1 N–H and O–H groups in total. The molecule has 152 valence electrons. The van der Waals surface area contributed by atoms with Crippen molar-refractivity contribution < 1.29 is 18.1 Å². The fraction of sp³-hybridized carbons (Fsp3) is 0.611. The number of anilines is 1. The van der Waals surface area contributed by atoms with Crippen LogP contribution in [0.3, 0.4) is 0 Å². The second-order valence-corrected chi connectivity index (χ2v) is 8.62. The number of carbonyl (C=O) groups is 1. The molecule has 0 fully saturated rings. The Morgan fingerprint density at radius 3 is 2.52 bits per heavy atom. The van der Waals surface area contributed by atoms with Crippen LogP contribution in [0, 0.1) is 23.0 Å². The summed E-state index contributed by atoms with van der Waals surface area (Å²) in [5, 5.41) is 13.8. The fourth-order valence-electron chi connectivity index (χ4n) is 2.75. The van der Waals surface area contributed by atoms with Crippen molar-refractivity contribution in [1.82, 2.24) is 5.32 Å². The van der Waals surface area contributed by atoms with E-state index >= 15 is 0 Å². The normalized spacial score (nSPS) is 12.4. The van der Waals surface area contributed by atoms with Gasteiger partial charge < -0.3 is 5.32 Å². The number of nitrogens with zero attached hydrogens (tertiary/aromatic N) is 2. The van der Waals surface area contributed by atoms with Gasteiger partial charge in [-0.05, 0) is 24.8 Å². The van der Waals surface area contributed by atoms with Gasteiger partial charge in [0.1, 0.15) is 6.54 Å². The summed E-state index contributed by atoms with van der Waals surface area (Å²) in [6, 6.07) is 3.96. The Bertz CT molecular complexity index is 764. The minimum absolute atomic E-state index is 0.139. The van der Waals surface area contributed by atoms with E-state index in [-0.39, 0.29) is 11.4 Å². The summed E-state index contributed by atoms with van der Waals surface area (Å²) in [5.74, 6) is -0.0820. The molecule has 0 heterocycles. The summed E-state index contributed by atoms with van der Waals surface area (Å²) >= 11 is 0. The highest BCUT2D eigenvalue weighted by Gasteiger charge is 2.24. The van der Waals surface area contributed by atoms with Crippen LogP contribution < -0.4 is 9.62 Å². The molecular weight excluding hydrogens is 370 g/mol. The van der Waals surface area contributed by atoms with E-state index in [1.165, 1.54) is 18.2 Å². The van der Waals surface area contributed by atoms with E-state index in [4.69, 9.17) is 0 Å². The van der Waals surface area contributed by atoms with Crippen molar-refractivity contribution in [3.8, 4) is 0 Å². The van der Waals surface area contributed by atoms with Crippen molar-refractivity contribution in [1.29, 1.82) is 0 Å². The number of unbranched alkanes of at least 4 members (excludes halogenated alkanes) is 1. The van der Waals surface area contributed by atoms with Crippen LogP contribution in [0.15, 0.2) is 18.2 Å². The van der Waals surface area contributed by atoms with Gasteiger partial charge in [0.15, 0.2) is 0 Å². The van der Waals surface area contributed by atoms with Crippen molar-refractivity contribution in [3.05, 3.63) is 33.9 Å². The number of non-ortho nitro benzene ring substituents is 1. The number of rotatable bonds is 11. The Hall–Kier alpha value is -2.16. The van der Waals surface area contributed by atoms with Gasteiger partial charge in [-0.2, -0.15) is 0 Å². The van der Waals surface area contributed by atoms with Crippen LogP contribution in [0.25, 0.3) is 0 Å². The summed E-state index contributed by atoms with van der Waals surface area (Å²) in [6.45, 7) is 5.89. The maximum absolute atomic E-state index is 12.3. The molecular formula is C18H29N3O5S. The fourth-order valence-corrected chi connectivity index (χ4v) is 3.65. The number of sulfonamides is 1. The molecule has 27 heavy (non-hydrogen) atoms. The van der Waals surface area contributed by atoms with Crippen LogP contribution in [0.5, 0.6) is 0 Å². The number of nitro groups is 1. The van der Waals surface area contributed by atoms with Crippen molar-refractivity contribution in [2.75, 3.05) is 23.7 Å². The molecule has 0 radical (unpaired) electrons. The second-order valence-electron chi connectivity index (χ2n) is 6.72. The molecule has 0 bridgehead atoms. The van der Waals surface area contributed by atoms with Crippen molar-refractivity contribution in [3.63, 3.8) is 0 Å². The first-order valence-corrected chi connectivity index (χ1v) is 10.9. The molecule has 0 spiro atoms. The highest BCUT2D eigenvalue weighted by molar-refractivity contribution is 7.92. The molecule has 8 nitrogen and oxygen atoms in total. The highest BCUT2D eigenvalue weighted by atomic mass is 32.2. The third-order valence-corrected chi connectivity index (χ3v) is 5.62. The monoisotopic (exact) mass is 399 g/mol. The third kappa shape index (κ3) is 7.16. The molecule has 1 atom stereocenters. The summed E-state index contributed by atoms with van der Waals surface area (Å²) in [5.41, 5.74) is 0.448. The first-order valence-electron chi connectivity index (χ1n) is 9.09. The molecule has 0 saturated carbocycles. The van der Waals surface area contributed by atoms with E-state index in [2.05, 4.69) is 19.2 Å². The topological polar surface area (TPSA) is 110 Å². The Morgan fingerprint density at radius 2 is 2.00 bits per heavy atom. The predicted octanol–water partition coefficient (Wildman–Crippen LogP) is 3.00. The Labute approximate surface area is 161 Å². The van der Waals surface area contributed by atoms with Gasteiger partial charge in [-0.25, -0.2) is 8.42 Å². The van der Waals surface area contributed by atoms with E-state index in [0.717, 1.165) is 36.2 Å². The molecule has 0 unspecified atom stereocenters. The van der Waals surface area contributed by atoms with Gasteiger partial charge in [0, 0.05) is 18.7 Å². The molecule has 1 rings (SSSR count). The zero-order chi connectivity index (χ0) is 20.6. The summed E-state index contributed by atoms with van der Waals surface area (Å²) in [4.78, 5) is 22.8. The quantitative estimate of drug-likeness (QED) is 0.454. The summed E-state index contributed by atoms with van der Waals surface area (Å²) in [7, 11) is -3.79. The van der Waals surface area contributed by atoms with Gasteiger partial charge in [0.2, 0.25) is 15.9 Å². The average Bonchev–Trinajstić information content (AvgIpc) is 2.59. The lowest BCUT2D eigenvalue weighted by atomic mass is 9.99. The second kappa shape index (κ2) is 10.2. The van der Waals surface area contributed by atoms with Crippen molar-refractivity contribution in [2.24, 2.45) is 5.92 Å². The van der Waals surface area contributed by atoms with Crippen molar-refractivity contribution >= 4 is 27.3 Å². The molecule has 1 amide bonds. The lowest BCUT2D eigenvalue weighted by Gasteiger charge is -2.24. The Kier molecular flexibility index (Phi) is 8.68. The van der Waals surface area contributed by atoms with Crippen LogP contribution >= 0.6 is 0 Å². The van der Waals surface area contributed by atoms with E-state index in [0.29, 0.717) is 18.0 Å². The smallest absolute Gasteiger partial charge is 0.271 e. The number of hydrogen-bond donors (Lipinski definition) is 1. The van der Waals surface area contributed by atoms with Gasteiger partial charge in [-0.3, -0.25) is 19.2 Å². The van der Waals surface area contributed by atoms with Gasteiger partial charge in [-0.1, -0.05) is 39.2 Å². The minimum Gasteiger partial charge on any atom is -0.354 e. The number of benzene rings is 1. The van der Waals surface area contributed by atoms with E-state index in [1.54, 1.807) is 6.92 Å². The number of carbonyl (C=O) groups excluding carboxylic acids is 1. The van der Waals surface area contributed by atoms with Gasteiger partial charge in [0.25, 0.3) is 5.69 Å². The first-order chi connectivity index (χ1) is 12.6. The summed E-state index contributed by atoms with van der Waals surface area (Å²) < 4.78 is 25.3. The molecule has 0 aromatic heterocycles. The third-order valence-electron chi connectivity index (χ3n) is 4.49. The first kappa shape index (κ1) is 22.9. The Balaban J connectivity index is 2.96. The lowest BCUT2D eigenvalue weighted by molar-refractivity contribution is -0.384. The standard InChI is InChI=1S/C18H29N3O5S/c1-5-7-8-15(6-2)12-19-18(22)13-20(27(4,25)26)17-11-16(21(23)24)10-9-14(17)3/h9-11,15H,5-8,12-13H2,1-4H3,(H,19,22)/t15-/m1/s1. The van der Waals surface area contributed by atoms with E-state index < -0.39 is 27.4 Å². The Morgan fingerprint density at radius 1 is 1.33 bits per heavy atom. The van der Waals surface area contributed by atoms with Crippen LogP contribution in [0.1, 0.15) is 45.1 Å². The van der Waals surface area contributed by atoms with E-state index in [9.17, 15) is 23.3 Å². The van der Waals surface area contributed by atoms with Crippen LogP contribution in [0.2, 0.25) is 0 Å². The molecule has 9 heteroatoms. The maximum Gasteiger partial charge on any atom is 0.271 e. The molecule has 0 saturated heterocycles. The van der Waals surface area contributed by atoms with Gasteiger partial charge >= 0.3 is 0 Å². The minimum atomic E-state index is -3.79. The van der Waals surface area contributed by atoms with E-state index in [1.807, 2.05) is 0 Å². The zero-order valence-corrected chi connectivity index (χ0v) is 17.2. The average molecular weight is 400 g/mol. The van der Waals surface area contributed by atoms with Gasteiger partial charge in [-0.15, -0.1) is 0 Å². The van der Waals surface area contributed by atoms with Crippen LogP contribution in [0.4, 0.5) is 11.4 Å². The van der Waals surface area contributed by atoms with Crippen LogP contribution in [-0.4, -0.2) is 38.6 Å². The van der Waals surface area contributed by atoms with Gasteiger partial charge in [0.05, 0.1) is 16.9 Å². The number of nitrogens with one attached hydrogen (secondary N) is 1. The lowest BCUT2D eigenvalue weighted by Crippen LogP contribution is -2.42. The predicted molar refractivity (Wildman–Crippen MR) is 106 cm³/mol. The number of hydrogen-bond acceptors (Lipinski definition) is 5. The summed E-state index contributed by atoms with van der Waals surface area (Å²) in [6.07, 6.45) is 5.08. The molecule has 1 aromatic rings. The SMILES string of the molecule is CCCC[C@@H](CC)CNC(=O)CN(c1cc([N+](=O)[O-])ccc1C)S(C)(=O)=O. The molecule has 0 aliphatic rings.